The molecule has 1 aromatic carbocycles. The smallest absolute Gasteiger partial charge is 0.416 e. The minimum absolute atomic E-state index is 0.0771. The highest BCUT2D eigenvalue weighted by Crippen LogP contribution is 2.33. The summed E-state index contributed by atoms with van der Waals surface area (Å²) in [6.07, 6.45) is -4.19. The molecule has 2 N–H and O–H groups in total. The summed E-state index contributed by atoms with van der Waals surface area (Å²) < 4.78 is 38.1. The third-order valence-electron chi connectivity index (χ3n) is 3.04. The molecule has 0 fully saturated rings. The van der Waals surface area contributed by atoms with Crippen molar-refractivity contribution >= 4 is 11.7 Å². The molecule has 7 heteroatoms. The zero-order chi connectivity index (χ0) is 16.2. The lowest BCUT2D eigenvalue weighted by molar-refractivity contribution is -0.137. The molecule has 21 heavy (non-hydrogen) atoms. The fourth-order valence-corrected chi connectivity index (χ4v) is 2.03. The van der Waals surface area contributed by atoms with E-state index in [-0.39, 0.29) is 18.3 Å². The minimum Gasteiger partial charge on any atom is -0.478 e. The first kappa shape index (κ1) is 17.3. The van der Waals surface area contributed by atoms with Crippen LogP contribution in [0.3, 0.4) is 0 Å². The second-order valence-corrected chi connectivity index (χ2v) is 4.90. The van der Waals surface area contributed by atoms with Crippen LogP contribution >= 0.6 is 0 Å². The van der Waals surface area contributed by atoms with Crippen molar-refractivity contribution < 1.29 is 28.2 Å². The van der Waals surface area contributed by atoms with Crippen LogP contribution in [-0.2, 0) is 6.18 Å². The quantitative estimate of drug-likeness (QED) is 0.848. The summed E-state index contributed by atoms with van der Waals surface area (Å²) in [7, 11) is 0. The number of nitrogens with zero attached hydrogens (tertiary/aromatic N) is 1. The van der Waals surface area contributed by atoms with Gasteiger partial charge in [0.2, 0.25) is 0 Å². The maximum atomic E-state index is 12.7. The van der Waals surface area contributed by atoms with Gasteiger partial charge in [0.25, 0.3) is 0 Å². The number of benzene rings is 1. The van der Waals surface area contributed by atoms with Gasteiger partial charge in [-0.05, 0) is 38.5 Å². The van der Waals surface area contributed by atoms with Gasteiger partial charge < -0.3 is 15.1 Å². The van der Waals surface area contributed by atoms with Crippen molar-refractivity contribution in [3.63, 3.8) is 0 Å². The van der Waals surface area contributed by atoms with E-state index in [1.807, 2.05) is 0 Å². The lowest BCUT2D eigenvalue weighted by Crippen LogP contribution is -2.33. The van der Waals surface area contributed by atoms with E-state index in [4.69, 9.17) is 10.2 Å². The standard InChI is InChI=1S/C14H18F3NO3/c1-9(2)18(6-3-7-19)12-5-4-10(14(15,16)17)8-11(12)13(20)21/h4-5,8-9,19H,3,6-7H2,1-2H3,(H,20,21). The van der Waals surface area contributed by atoms with Crippen LogP contribution in [0.5, 0.6) is 0 Å². The van der Waals surface area contributed by atoms with Gasteiger partial charge in [0.15, 0.2) is 0 Å². The van der Waals surface area contributed by atoms with Crippen LogP contribution < -0.4 is 4.90 Å². The third kappa shape index (κ3) is 4.35. The molecule has 0 atom stereocenters. The zero-order valence-electron chi connectivity index (χ0n) is 11.8. The number of hydrogen-bond donors (Lipinski definition) is 2. The summed E-state index contributed by atoms with van der Waals surface area (Å²) in [4.78, 5) is 12.9. The van der Waals surface area contributed by atoms with Gasteiger partial charge in [-0.3, -0.25) is 0 Å². The molecule has 0 aliphatic rings. The number of carboxylic acid groups (broad SMARTS) is 1. The normalized spacial score (nSPS) is 11.8. The Morgan fingerprint density at radius 1 is 1.33 bits per heavy atom. The Labute approximate surface area is 120 Å². The van der Waals surface area contributed by atoms with Crippen molar-refractivity contribution in [2.24, 2.45) is 0 Å². The van der Waals surface area contributed by atoms with Gasteiger partial charge in [-0.25, -0.2) is 4.79 Å². The fourth-order valence-electron chi connectivity index (χ4n) is 2.03. The first-order valence-corrected chi connectivity index (χ1v) is 6.50. The Kier molecular flexibility index (Phi) is 5.60. The second-order valence-electron chi connectivity index (χ2n) is 4.90. The molecule has 0 unspecified atom stereocenters. The Bertz CT molecular complexity index is 501. The van der Waals surface area contributed by atoms with Crippen LogP contribution in [0.4, 0.5) is 18.9 Å². The van der Waals surface area contributed by atoms with Crippen molar-refractivity contribution in [3.8, 4) is 0 Å². The molecular weight excluding hydrogens is 287 g/mol. The van der Waals surface area contributed by atoms with Crippen LogP contribution in [-0.4, -0.2) is 35.4 Å². The molecule has 4 nitrogen and oxygen atoms in total. The first-order chi connectivity index (χ1) is 9.68. The number of carboxylic acids is 1. The van der Waals surface area contributed by atoms with Gasteiger partial charge in [-0.1, -0.05) is 0 Å². The summed E-state index contributed by atoms with van der Waals surface area (Å²) >= 11 is 0. The average molecular weight is 305 g/mol. The van der Waals surface area contributed by atoms with Crippen molar-refractivity contribution in [3.05, 3.63) is 29.3 Å². The molecular formula is C14H18F3NO3. The number of alkyl halides is 3. The summed E-state index contributed by atoms with van der Waals surface area (Å²) in [6.45, 7) is 3.90. The Morgan fingerprint density at radius 3 is 2.38 bits per heavy atom. The predicted molar refractivity (Wildman–Crippen MR) is 72.6 cm³/mol. The number of aromatic carboxylic acids is 1. The molecule has 0 saturated carbocycles. The average Bonchev–Trinajstić information content (AvgIpc) is 2.37. The highest BCUT2D eigenvalue weighted by atomic mass is 19.4. The highest BCUT2D eigenvalue weighted by molar-refractivity contribution is 5.94. The molecule has 0 aliphatic carbocycles. The van der Waals surface area contributed by atoms with Crippen molar-refractivity contribution in [2.75, 3.05) is 18.1 Å². The van der Waals surface area contributed by atoms with E-state index in [1.54, 1.807) is 18.7 Å². The second kappa shape index (κ2) is 6.80. The molecule has 0 saturated heterocycles. The van der Waals surface area contributed by atoms with Crippen molar-refractivity contribution in [1.29, 1.82) is 0 Å². The van der Waals surface area contributed by atoms with Crippen LogP contribution in [0.25, 0.3) is 0 Å². The van der Waals surface area contributed by atoms with Crippen LogP contribution in [0, 0.1) is 0 Å². The Hall–Kier alpha value is -1.76. The van der Waals surface area contributed by atoms with E-state index >= 15 is 0 Å². The molecule has 0 heterocycles. The molecule has 1 aromatic rings. The summed E-state index contributed by atoms with van der Waals surface area (Å²) in [5.74, 6) is -1.41. The SMILES string of the molecule is CC(C)N(CCCO)c1ccc(C(F)(F)F)cc1C(=O)O. The van der Waals surface area contributed by atoms with Gasteiger partial charge in [0.1, 0.15) is 0 Å². The maximum absolute atomic E-state index is 12.7. The van der Waals surface area contributed by atoms with E-state index < -0.39 is 23.3 Å². The third-order valence-corrected chi connectivity index (χ3v) is 3.04. The molecule has 0 spiro atoms. The van der Waals surface area contributed by atoms with E-state index in [9.17, 15) is 18.0 Å². The number of anilines is 1. The van der Waals surface area contributed by atoms with E-state index in [0.29, 0.717) is 19.0 Å². The summed E-state index contributed by atoms with van der Waals surface area (Å²) in [6, 6.07) is 2.58. The zero-order valence-corrected chi connectivity index (χ0v) is 11.8. The number of carbonyl (C=O) groups is 1. The van der Waals surface area contributed by atoms with Crippen molar-refractivity contribution in [2.45, 2.75) is 32.5 Å². The number of halogens is 3. The highest BCUT2D eigenvalue weighted by Gasteiger charge is 2.32. The van der Waals surface area contributed by atoms with Crippen molar-refractivity contribution in [1.82, 2.24) is 0 Å². The van der Waals surface area contributed by atoms with Crippen LogP contribution in [0.15, 0.2) is 18.2 Å². The lowest BCUT2D eigenvalue weighted by atomic mass is 10.1. The summed E-state index contributed by atoms with van der Waals surface area (Å²) in [5, 5.41) is 18.0. The summed E-state index contributed by atoms with van der Waals surface area (Å²) in [5.41, 5.74) is -1.16. The number of aliphatic hydroxyl groups excluding tert-OH is 1. The minimum atomic E-state index is -4.59. The van der Waals surface area contributed by atoms with Crippen LogP contribution in [0.1, 0.15) is 36.2 Å². The Balaban J connectivity index is 3.30. The molecule has 0 aromatic heterocycles. The Morgan fingerprint density at radius 2 is 1.95 bits per heavy atom. The van der Waals surface area contributed by atoms with E-state index in [1.165, 1.54) is 6.07 Å². The molecule has 1 rings (SSSR count). The number of rotatable bonds is 6. The molecule has 0 bridgehead atoms. The molecule has 0 aliphatic heterocycles. The van der Waals surface area contributed by atoms with E-state index in [2.05, 4.69) is 0 Å². The maximum Gasteiger partial charge on any atom is 0.416 e. The molecule has 0 radical (unpaired) electrons. The van der Waals surface area contributed by atoms with Gasteiger partial charge >= 0.3 is 12.1 Å². The molecule has 0 amide bonds. The molecule has 118 valence electrons. The lowest BCUT2D eigenvalue weighted by Gasteiger charge is -2.30. The number of hydrogen-bond acceptors (Lipinski definition) is 3. The van der Waals surface area contributed by atoms with Gasteiger partial charge in [0.05, 0.1) is 16.8 Å². The van der Waals surface area contributed by atoms with Gasteiger partial charge in [-0.15, -0.1) is 0 Å². The predicted octanol–water partition coefficient (Wildman–Crippen LogP) is 3.00. The van der Waals surface area contributed by atoms with Gasteiger partial charge in [-0.2, -0.15) is 13.2 Å². The topological polar surface area (TPSA) is 60.8 Å². The number of aliphatic hydroxyl groups is 1. The van der Waals surface area contributed by atoms with E-state index in [0.717, 1.165) is 6.07 Å². The van der Waals surface area contributed by atoms with Crippen LogP contribution in [0.2, 0.25) is 0 Å². The fraction of sp³-hybridized carbons (Fsp3) is 0.500. The first-order valence-electron chi connectivity index (χ1n) is 6.50. The van der Waals surface area contributed by atoms with Gasteiger partial charge in [0, 0.05) is 19.2 Å². The monoisotopic (exact) mass is 305 g/mol. The largest absolute Gasteiger partial charge is 0.478 e.